The van der Waals surface area contributed by atoms with E-state index in [1.807, 2.05) is 25.1 Å². The molecule has 2 N–H and O–H groups in total. The van der Waals surface area contributed by atoms with Crippen molar-refractivity contribution in [2.45, 2.75) is 13.8 Å². The molecule has 4 heteroatoms. The van der Waals surface area contributed by atoms with Crippen LogP contribution in [-0.2, 0) is 0 Å². The molecule has 0 fully saturated rings. The predicted octanol–water partition coefficient (Wildman–Crippen LogP) is 2.96. The van der Waals surface area contributed by atoms with Crippen molar-refractivity contribution in [3.05, 3.63) is 42.1 Å². The molecular formula is C13H16N4. The number of aryl methyl sites for hydroxylation is 1. The third-order valence-electron chi connectivity index (χ3n) is 2.31. The molecule has 2 rings (SSSR count). The monoisotopic (exact) mass is 228 g/mol. The topological polar surface area (TPSA) is 49.8 Å². The predicted molar refractivity (Wildman–Crippen MR) is 70.7 cm³/mol. The maximum absolute atomic E-state index is 4.35. The summed E-state index contributed by atoms with van der Waals surface area (Å²) < 4.78 is 0. The number of anilines is 3. The molecule has 0 aliphatic heterocycles. The number of rotatable bonds is 4. The number of hydrogen-bond donors (Lipinski definition) is 2. The van der Waals surface area contributed by atoms with E-state index in [2.05, 4.69) is 39.7 Å². The standard InChI is InChI=1S/C13H16N4/c1-3-14-13-15-9-8-12(17-13)16-11-6-4-10(2)5-7-11/h4-9H,3H2,1-2H3,(H2,14,15,16,17). The fraction of sp³-hybridized carbons (Fsp3) is 0.231. The molecule has 17 heavy (non-hydrogen) atoms. The molecule has 0 saturated heterocycles. The van der Waals surface area contributed by atoms with Crippen LogP contribution in [0.15, 0.2) is 36.5 Å². The Morgan fingerprint density at radius 3 is 2.59 bits per heavy atom. The molecule has 4 nitrogen and oxygen atoms in total. The minimum absolute atomic E-state index is 0.643. The van der Waals surface area contributed by atoms with Gasteiger partial charge in [0.05, 0.1) is 0 Å². The summed E-state index contributed by atoms with van der Waals surface area (Å²) >= 11 is 0. The van der Waals surface area contributed by atoms with E-state index in [0.717, 1.165) is 18.1 Å². The van der Waals surface area contributed by atoms with E-state index in [1.54, 1.807) is 6.20 Å². The highest BCUT2D eigenvalue weighted by Gasteiger charge is 1.98. The van der Waals surface area contributed by atoms with Gasteiger partial charge in [0.2, 0.25) is 5.95 Å². The zero-order valence-corrected chi connectivity index (χ0v) is 10.1. The Balaban J connectivity index is 2.12. The molecule has 0 spiro atoms. The van der Waals surface area contributed by atoms with Crippen molar-refractivity contribution in [1.82, 2.24) is 9.97 Å². The summed E-state index contributed by atoms with van der Waals surface area (Å²) in [5.74, 6) is 1.43. The summed E-state index contributed by atoms with van der Waals surface area (Å²) in [6, 6.07) is 10.0. The van der Waals surface area contributed by atoms with Crippen LogP contribution < -0.4 is 10.6 Å². The van der Waals surface area contributed by atoms with Crippen LogP contribution >= 0.6 is 0 Å². The second kappa shape index (κ2) is 5.30. The third-order valence-corrected chi connectivity index (χ3v) is 2.31. The summed E-state index contributed by atoms with van der Waals surface area (Å²) in [6.07, 6.45) is 1.74. The number of aromatic nitrogens is 2. The average Bonchev–Trinajstić information content (AvgIpc) is 2.33. The highest BCUT2D eigenvalue weighted by atomic mass is 15.1. The summed E-state index contributed by atoms with van der Waals surface area (Å²) in [7, 11) is 0. The van der Waals surface area contributed by atoms with Crippen LogP contribution in [0.5, 0.6) is 0 Å². The lowest BCUT2D eigenvalue weighted by molar-refractivity contribution is 1.09. The van der Waals surface area contributed by atoms with Gasteiger partial charge in [0.15, 0.2) is 0 Å². The molecule has 0 unspecified atom stereocenters. The van der Waals surface area contributed by atoms with Gasteiger partial charge in [-0.15, -0.1) is 0 Å². The molecule has 1 aromatic heterocycles. The van der Waals surface area contributed by atoms with Crippen molar-refractivity contribution in [3.8, 4) is 0 Å². The van der Waals surface area contributed by atoms with Crippen LogP contribution in [0.1, 0.15) is 12.5 Å². The summed E-state index contributed by atoms with van der Waals surface area (Å²) in [5.41, 5.74) is 2.27. The van der Waals surface area contributed by atoms with Crippen molar-refractivity contribution >= 4 is 17.5 Å². The van der Waals surface area contributed by atoms with E-state index in [4.69, 9.17) is 0 Å². The molecule has 1 heterocycles. The van der Waals surface area contributed by atoms with Crippen LogP contribution in [0, 0.1) is 6.92 Å². The van der Waals surface area contributed by atoms with Crippen LogP contribution in [0.4, 0.5) is 17.5 Å². The summed E-state index contributed by atoms with van der Waals surface area (Å²) in [5, 5.41) is 6.32. The van der Waals surface area contributed by atoms with Crippen molar-refractivity contribution in [2.75, 3.05) is 17.2 Å². The summed E-state index contributed by atoms with van der Waals surface area (Å²) in [4.78, 5) is 8.47. The molecule has 0 amide bonds. The zero-order valence-electron chi connectivity index (χ0n) is 10.1. The molecular weight excluding hydrogens is 212 g/mol. The molecule has 1 aromatic carbocycles. The highest BCUT2D eigenvalue weighted by Crippen LogP contribution is 2.15. The van der Waals surface area contributed by atoms with Gasteiger partial charge in [0.1, 0.15) is 5.82 Å². The zero-order chi connectivity index (χ0) is 12.1. The van der Waals surface area contributed by atoms with E-state index in [9.17, 15) is 0 Å². The lowest BCUT2D eigenvalue weighted by atomic mass is 10.2. The van der Waals surface area contributed by atoms with E-state index < -0.39 is 0 Å². The van der Waals surface area contributed by atoms with Gasteiger partial charge in [-0.1, -0.05) is 17.7 Å². The number of hydrogen-bond acceptors (Lipinski definition) is 4. The molecule has 0 aliphatic carbocycles. The Bertz CT molecular complexity index is 479. The average molecular weight is 228 g/mol. The first-order valence-corrected chi connectivity index (χ1v) is 5.68. The molecule has 88 valence electrons. The molecule has 2 aromatic rings. The van der Waals surface area contributed by atoms with E-state index in [1.165, 1.54) is 5.56 Å². The largest absolute Gasteiger partial charge is 0.354 e. The van der Waals surface area contributed by atoms with Gasteiger partial charge >= 0.3 is 0 Å². The van der Waals surface area contributed by atoms with Crippen molar-refractivity contribution in [1.29, 1.82) is 0 Å². The smallest absolute Gasteiger partial charge is 0.224 e. The minimum Gasteiger partial charge on any atom is -0.354 e. The van der Waals surface area contributed by atoms with E-state index in [0.29, 0.717) is 5.95 Å². The highest BCUT2D eigenvalue weighted by molar-refractivity contribution is 5.57. The first-order chi connectivity index (χ1) is 8.28. The second-order valence-electron chi connectivity index (χ2n) is 3.79. The summed E-state index contributed by atoms with van der Waals surface area (Å²) in [6.45, 7) is 4.90. The fourth-order valence-corrected chi connectivity index (χ4v) is 1.46. The van der Waals surface area contributed by atoms with Crippen LogP contribution in [0.2, 0.25) is 0 Å². The molecule has 0 atom stereocenters. The normalized spacial score (nSPS) is 10.0. The fourth-order valence-electron chi connectivity index (χ4n) is 1.46. The lowest BCUT2D eigenvalue weighted by Gasteiger charge is -2.07. The molecule has 0 bridgehead atoms. The molecule has 0 radical (unpaired) electrons. The van der Waals surface area contributed by atoms with Crippen molar-refractivity contribution in [2.24, 2.45) is 0 Å². The Labute approximate surface area is 101 Å². The van der Waals surface area contributed by atoms with Gasteiger partial charge < -0.3 is 10.6 Å². The van der Waals surface area contributed by atoms with Gasteiger partial charge in [-0.25, -0.2) is 4.98 Å². The van der Waals surface area contributed by atoms with Crippen LogP contribution in [0.25, 0.3) is 0 Å². The van der Waals surface area contributed by atoms with Gasteiger partial charge in [0, 0.05) is 18.4 Å². The second-order valence-corrected chi connectivity index (χ2v) is 3.79. The third kappa shape index (κ3) is 3.17. The Hall–Kier alpha value is -2.10. The van der Waals surface area contributed by atoms with E-state index in [-0.39, 0.29) is 0 Å². The van der Waals surface area contributed by atoms with Gasteiger partial charge in [-0.05, 0) is 32.0 Å². The Kier molecular flexibility index (Phi) is 3.55. The van der Waals surface area contributed by atoms with Crippen LogP contribution in [0.3, 0.4) is 0 Å². The maximum atomic E-state index is 4.35. The van der Waals surface area contributed by atoms with Crippen LogP contribution in [-0.4, -0.2) is 16.5 Å². The lowest BCUT2D eigenvalue weighted by Crippen LogP contribution is -2.03. The first-order valence-electron chi connectivity index (χ1n) is 5.68. The minimum atomic E-state index is 0.643. The van der Waals surface area contributed by atoms with Gasteiger partial charge in [-0.2, -0.15) is 4.98 Å². The Morgan fingerprint density at radius 1 is 1.12 bits per heavy atom. The number of benzene rings is 1. The number of nitrogens with zero attached hydrogens (tertiary/aromatic N) is 2. The van der Waals surface area contributed by atoms with Gasteiger partial charge in [-0.3, -0.25) is 0 Å². The Morgan fingerprint density at radius 2 is 1.88 bits per heavy atom. The molecule has 0 saturated carbocycles. The molecule has 0 aliphatic rings. The van der Waals surface area contributed by atoms with Gasteiger partial charge in [0.25, 0.3) is 0 Å². The maximum Gasteiger partial charge on any atom is 0.224 e. The first kappa shape index (κ1) is 11.4. The number of nitrogens with one attached hydrogen (secondary N) is 2. The van der Waals surface area contributed by atoms with Crippen molar-refractivity contribution < 1.29 is 0 Å². The van der Waals surface area contributed by atoms with E-state index >= 15 is 0 Å². The quantitative estimate of drug-likeness (QED) is 0.844. The van der Waals surface area contributed by atoms with Crippen molar-refractivity contribution in [3.63, 3.8) is 0 Å². The SMILES string of the molecule is CCNc1nccc(Nc2ccc(C)cc2)n1.